The van der Waals surface area contributed by atoms with Gasteiger partial charge in [0.05, 0.1) is 15.5 Å². The summed E-state index contributed by atoms with van der Waals surface area (Å²) in [5, 5.41) is 1.15. The van der Waals surface area contributed by atoms with Crippen molar-refractivity contribution in [3.05, 3.63) is 71.9 Å². The molecule has 200 valence electrons. The molecule has 0 radical (unpaired) electrons. The van der Waals surface area contributed by atoms with Gasteiger partial charge in [-0.15, -0.1) is 0 Å². The molecule has 0 N–H and O–H groups in total. The van der Waals surface area contributed by atoms with Crippen LogP contribution in [0.25, 0.3) is 23.1 Å². The Morgan fingerprint density at radius 1 is 0.811 bits per heavy atom. The summed E-state index contributed by atoms with van der Waals surface area (Å²) < 4.78 is 34.8. The molecule has 37 heavy (non-hydrogen) atoms. The summed E-state index contributed by atoms with van der Waals surface area (Å²) in [6.07, 6.45) is 14.9. The Hall–Kier alpha value is -2.70. The van der Waals surface area contributed by atoms with Crippen molar-refractivity contribution in [3.63, 3.8) is 0 Å². The number of unbranched alkanes of at least 4 members (excludes halogenated alkanes) is 5. The van der Waals surface area contributed by atoms with Gasteiger partial charge in [-0.1, -0.05) is 75.9 Å². The maximum absolute atomic E-state index is 10.9. The van der Waals surface area contributed by atoms with E-state index >= 15 is 0 Å². The predicted octanol–water partition coefficient (Wildman–Crippen LogP) is 6.81. The Balaban J connectivity index is 1.71. The first-order valence-corrected chi connectivity index (χ1v) is 15.4. The molecule has 0 bridgehead atoms. The van der Waals surface area contributed by atoms with E-state index in [0.717, 1.165) is 29.6 Å². The number of rotatable bonds is 16. The molecule has 0 unspecified atom stereocenters. The van der Waals surface area contributed by atoms with E-state index in [4.69, 9.17) is 0 Å². The van der Waals surface area contributed by atoms with E-state index in [9.17, 15) is 13.0 Å². The molecule has 1 heterocycles. The van der Waals surface area contributed by atoms with E-state index in [2.05, 4.69) is 77.9 Å². The first kappa shape index (κ1) is 28.9. The Morgan fingerprint density at radius 2 is 1.49 bits per heavy atom. The van der Waals surface area contributed by atoms with Gasteiger partial charge in [-0.2, -0.15) is 4.57 Å². The highest BCUT2D eigenvalue weighted by molar-refractivity contribution is 7.85. The quantitative estimate of drug-likeness (QED) is 0.118. The molecular weight excluding hydrogens is 480 g/mol. The third kappa shape index (κ3) is 9.60. The Labute approximate surface area is 223 Å². The van der Waals surface area contributed by atoms with Gasteiger partial charge in [0.2, 0.25) is 5.52 Å². The smallest absolute Gasteiger partial charge is 0.213 e. The minimum Gasteiger partial charge on any atom is -0.748 e. The van der Waals surface area contributed by atoms with Crippen molar-refractivity contribution < 1.29 is 17.5 Å². The average Bonchev–Trinajstić information content (AvgIpc) is 2.89. The van der Waals surface area contributed by atoms with Gasteiger partial charge in [-0.25, -0.2) is 8.42 Å². The lowest BCUT2D eigenvalue weighted by Gasteiger charge is -2.25. The van der Waals surface area contributed by atoms with Crippen LogP contribution in [0.15, 0.2) is 60.8 Å². The van der Waals surface area contributed by atoms with E-state index in [-0.39, 0.29) is 5.75 Å². The lowest BCUT2D eigenvalue weighted by atomic mass is 10.1. The number of aryl methyl sites for hydroxylation is 1. The van der Waals surface area contributed by atoms with Crippen LogP contribution in [0.3, 0.4) is 0 Å². The van der Waals surface area contributed by atoms with Crippen molar-refractivity contribution in [2.45, 2.75) is 71.8 Å². The number of hydrogen-bond acceptors (Lipinski definition) is 4. The summed E-state index contributed by atoms with van der Waals surface area (Å²) in [6.45, 7) is 7.42. The van der Waals surface area contributed by atoms with Gasteiger partial charge in [-0.05, 0) is 48.6 Å². The lowest BCUT2D eigenvalue weighted by molar-refractivity contribution is -0.671. The first-order valence-electron chi connectivity index (χ1n) is 13.8. The minimum absolute atomic E-state index is 0.305. The molecule has 0 spiro atoms. The molecule has 0 atom stereocenters. The second kappa shape index (κ2) is 14.9. The number of hydrogen-bond donors (Lipinski definition) is 0. The van der Waals surface area contributed by atoms with Crippen LogP contribution < -0.4 is 9.47 Å². The van der Waals surface area contributed by atoms with Crippen molar-refractivity contribution in [1.82, 2.24) is 0 Å². The Morgan fingerprint density at radius 3 is 2.14 bits per heavy atom. The highest BCUT2D eigenvalue weighted by atomic mass is 32.2. The van der Waals surface area contributed by atoms with Crippen LogP contribution >= 0.6 is 0 Å². The number of anilines is 1. The molecule has 0 aliphatic heterocycles. The molecule has 0 fully saturated rings. The Kier molecular flexibility index (Phi) is 11.6. The number of para-hydroxylation sites is 1. The standard InChI is InChI=1S/C31H42N2O3S/c1-3-5-9-22-32(23-10-6-4-2)29-19-16-27(17-20-29)15-18-28-21-25-33(24-11-12-26-37(34,35)36)31-14-8-7-13-30(28)31/h7-8,13-21,25H,3-6,9-12,22-24,26H2,1-2H3. The normalized spacial score (nSPS) is 12.0. The van der Waals surface area contributed by atoms with Gasteiger partial charge >= 0.3 is 0 Å². The number of aromatic nitrogens is 1. The van der Waals surface area contributed by atoms with Gasteiger partial charge in [-0.3, -0.25) is 0 Å². The van der Waals surface area contributed by atoms with Crippen LogP contribution in [0.5, 0.6) is 0 Å². The second-order valence-corrected chi connectivity index (χ2v) is 11.3. The summed E-state index contributed by atoms with van der Waals surface area (Å²) in [5.41, 5.74) is 4.71. The molecule has 3 aromatic rings. The van der Waals surface area contributed by atoms with Crippen molar-refractivity contribution in [2.75, 3.05) is 23.7 Å². The topological polar surface area (TPSA) is 64.3 Å². The number of benzene rings is 2. The molecule has 3 rings (SSSR count). The van der Waals surface area contributed by atoms with Crippen molar-refractivity contribution >= 4 is 38.9 Å². The van der Waals surface area contributed by atoms with Crippen molar-refractivity contribution in [1.29, 1.82) is 0 Å². The molecule has 0 saturated heterocycles. The van der Waals surface area contributed by atoms with E-state index in [1.807, 2.05) is 18.3 Å². The zero-order valence-corrected chi connectivity index (χ0v) is 23.3. The minimum atomic E-state index is -4.15. The third-order valence-electron chi connectivity index (χ3n) is 6.78. The molecule has 0 amide bonds. The zero-order chi connectivity index (χ0) is 26.5. The molecule has 0 aliphatic carbocycles. The van der Waals surface area contributed by atoms with Crippen LogP contribution in [-0.4, -0.2) is 31.8 Å². The fraction of sp³-hybridized carbons (Fsp3) is 0.452. The molecular formula is C31H42N2O3S. The lowest BCUT2D eigenvalue weighted by Crippen LogP contribution is -2.34. The highest BCUT2D eigenvalue weighted by Crippen LogP contribution is 2.21. The van der Waals surface area contributed by atoms with Crippen molar-refractivity contribution in [3.8, 4) is 0 Å². The number of nitrogens with zero attached hydrogens (tertiary/aromatic N) is 2. The monoisotopic (exact) mass is 522 g/mol. The van der Waals surface area contributed by atoms with Crippen molar-refractivity contribution in [2.24, 2.45) is 0 Å². The summed E-state index contributed by atoms with van der Waals surface area (Å²) in [6, 6.07) is 19.2. The molecule has 1 aromatic heterocycles. The first-order chi connectivity index (χ1) is 17.9. The summed E-state index contributed by atoms with van der Waals surface area (Å²) in [7, 11) is -4.15. The van der Waals surface area contributed by atoms with Crippen LogP contribution in [0.1, 0.15) is 76.3 Å². The van der Waals surface area contributed by atoms with Crippen LogP contribution in [-0.2, 0) is 16.7 Å². The van der Waals surface area contributed by atoms with Crippen LogP contribution in [0.2, 0.25) is 0 Å². The van der Waals surface area contributed by atoms with Gasteiger partial charge in [0.1, 0.15) is 6.54 Å². The molecule has 2 aromatic carbocycles. The largest absolute Gasteiger partial charge is 0.748 e. The fourth-order valence-electron chi connectivity index (χ4n) is 4.67. The fourth-order valence-corrected chi connectivity index (χ4v) is 5.23. The van der Waals surface area contributed by atoms with Crippen LogP contribution in [0, 0.1) is 0 Å². The third-order valence-corrected chi connectivity index (χ3v) is 7.57. The Bertz CT molecular complexity index is 1230. The molecule has 0 saturated carbocycles. The van der Waals surface area contributed by atoms with Gasteiger partial charge in [0, 0.05) is 43.1 Å². The molecule has 0 aliphatic rings. The highest BCUT2D eigenvalue weighted by Gasteiger charge is 2.11. The van der Waals surface area contributed by atoms with E-state index in [0.29, 0.717) is 19.4 Å². The predicted molar refractivity (Wildman–Crippen MR) is 155 cm³/mol. The summed E-state index contributed by atoms with van der Waals surface area (Å²) in [4.78, 5) is 2.54. The maximum atomic E-state index is 10.9. The SMILES string of the molecule is CCCCCN(CCCCC)c1ccc(/C=C/c2cc[n+](CCCCS(=O)(=O)[O-])c3ccccc23)cc1. The summed E-state index contributed by atoms with van der Waals surface area (Å²) in [5.74, 6) is -0.305. The van der Waals surface area contributed by atoms with Gasteiger partial charge in [0.25, 0.3) is 0 Å². The van der Waals surface area contributed by atoms with E-state index in [1.165, 1.54) is 49.8 Å². The van der Waals surface area contributed by atoms with Gasteiger partial charge < -0.3 is 9.45 Å². The van der Waals surface area contributed by atoms with E-state index in [1.54, 1.807) is 0 Å². The molecule has 6 heteroatoms. The number of pyridine rings is 1. The average molecular weight is 523 g/mol. The maximum Gasteiger partial charge on any atom is 0.213 e. The zero-order valence-electron chi connectivity index (χ0n) is 22.4. The van der Waals surface area contributed by atoms with Gasteiger partial charge in [0.15, 0.2) is 6.20 Å². The van der Waals surface area contributed by atoms with E-state index < -0.39 is 10.1 Å². The second-order valence-electron chi connectivity index (χ2n) is 9.78. The summed E-state index contributed by atoms with van der Waals surface area (Å²) >= 11 is 0. The number of fused-ring (bicyclic) bond motifs is 1. The molecule has 5 nitrogen and oxygen atoms in total. The van der Waals surface area contributed by atoms with Crippen LogP contribution in [0.4, 0.5) is 5.69 Å².